The van der Waals surface area contributed by atoms with Crippen LogP contribution in [0.4, 0.5) is 17.6 Å². The second kappa shape index (κ2) is 10.9. The molecule has 3 aromatic rings. The Morgan fingerprint density at radius 3 is 2.24 bits per heavy atom. The summed E-state index contributed by atoms with van der Waals surface area (Å²) >= 11 is 0. The lowest BCUT2D eigenvalue weighted by Crippen LogP contribution is -2.15. The van der Waals surface area contributed by atoms with E-state index in [1.807, 2.05) is 12.1 Å². The van der Waals surface area contributed by atoms with E-state index in [4.69, 9.17) is 0 Å². The van der Waals surface area contributed by atoms with Gasteiger partial charge in [-0.2, -0.15) is 0 Å². The van der Waals surface area contributed by atoms with E-state index in [1.54, 1.807) is 12.1 Å². The van der Waals surface area contributed by atoms with Crippen LogP contribution in [0.2, 0.25) is 0 Å². The molecule has 0 bridgehead atoms. The molecule has 0 radical (unpaired) electrons. The van der Waals surface area contributed by atoms with Crippen LogP contribution in [0.15, 0.2) is 55.1 Å². The first kappa shape index (κ1) is 24.1. The minimum Gasteiger partial charge on any atom is -0.206 e. The van der Waals surface area contributed by atoms with Gasteiger partial charge in [0, 0.05) is 10.9 Å². The summed E-state index contributed by atoms with van der Waals surface area (Å²) in [5, 5.41) is 0.180. The molecule has 34 heavy (non-hydrogen) atoms. The summed E-state index contributed by atoms with van der Waals surface area (Å²) in [7, 11) is 0. The monoisotopic (exact) mass is 464 g/mol. The van der Waals surface area contributed by atoms with Crippen LogP contribution in [-0.4, -0.2) is 0 Å². The average Bonchev–Trinajstić information content (AvgIpc) is 2.84. The second-order valence-corrected chi connectivity index (χ2v) is 9.28. The van der Waals surface area contributed by atoms with E-state index in [-0.39, 0.29) is 22.2 Å². The third kappa shape index (κ3) is 5.70. The molecule has 1 aliphatic carbocycles. The highest BCUT2D eigenvalue weighted by Gasteiger charge is 2.20. The summed E-state index contributed by atoms with van der Waals surface area (Å²) in [4.78, 5) is 0. The van der Waals surface area contributed by atoms with Gasteiger partial charge in [-0.25, -0.2) is 17.6 Å². The number of hydrogen-bond donors (Lipinski definition) is 0. The van der Waals surface area contributed by atoms with Crippen LogP contribution in [0, 0.1) is 46.9 Å². The molecule has 0 saturated heterocycles. The van der Waals surface area contributed by atoms with E-state index in [2.05, 4.69) is 18.4 Å². The van der Waals surface area contributed by atoms with Crippen LogP contribution in [0.1, 0.15) is 61.6 Å². The molecule has 0 unspecified atom stereocenters. The predicted molar refractivity (Wildman–Crippen MR) is 129 cm³/mol. The van der Waals surface area contributed by atoms with Gasteiger partial charge in [-0.3, -0.25) is 0 Å². The van der Waals surface area contributed by atoms with Crippen molar-refractivity contribution in [3.63, 3.8) is 0 Å². The van der Waals surface area contributed by atoms with Crippen molar-refractivity contribution in [2.45, 2.75) is 51.4 Å². The molecule has 4 heteroatoms. The minimum absolute atomic E-state index is 0.0229. The first-order valence-corrected chi connectivity index (χ1v) is 11.9. The van der Waals surface area contributed by atoms with E-state index in [1.165, 1.54) is 50.3 Å². The number of aryl methyl sites for hydroxylation is 1. The summed E-state index contributed by atoms with van der Waals surface area (Å²) in [5.74, 6) is 2.81. The zero-order valence-electron chi connectivity index (χ0n) is 19.1. The van der Waals surface area contributed by atoms with Gasteiger partial charge in [0.15, 0.2) is 17.5 Å². The molecule has 0 spiro atoms. The fourth-order valence-electron chi connectivity index (χ4n) is 4.87. The van der Waals surface area contributed by atoms with Gasteiger partial charge in [-0.1, -0.05) is 55.7 Å². The average molecular weight is 465 g/mol. The Balaban J connectivity index is 1.38. The molecule has 1 aliphatic rings. The smallest absolute Gasteiger partial charge is 0.195 e. The summed E-state index contributed by atoms with van der Waals surface area (Å²) in [5.41, 5.74) is 1.70. The highest BCUT2D eigenvalue weighted by molar-refractivity contribution is 5.84. The van der Waals surface area contributed by atoms with Crippen molar-refractivity contribution in [3.8, 4) is 11.8 Å². The molecule has 0 atom stereocenters. The first-order chi connectivity index (χ1) is 16.4. The second-order valence-electron chi connectivity index (χ2n) is 9.28. The molecule has 0 N–H and O–H groups in total. The van der Waals surface area contributed by atoms with Crippen molar-refractivity contribution in [1.29, 1.82) is 0 Å². The summed E-state index contributed by atoms with van der Waals surface area (Å²) in [6, 6.07) is 10.4. The zero-order valence-corrected chi connectivity index (χ0v) is 19.1. The quantitative estimate of drug-likeness (QED) is 0.148. The number of rotatable bonds is 6. The van der Waals surface area contributed by atoms with E-state index in [0.29, 0.717) is 11.5 Å². The number of halogens is 4. The minimum atomic E-state index is -1.50. The van der Waals surface area contributed by atoms with Gasteiger partial charge in [-0.15, -0.1) is 6.58 Å². The van der Waals surface area contributed by atoms with E-state index in [0.717, 1.165) is 36.8 Å². The first-order valence-electron chi connectivity index (χ1n) is 11.9. The number of fused-ring (bicyclic) bond motifs is 1. The lowest BCUT2D eigenvalue weighted by atomic mass is 9.78. The van der Waals surface area contributed by atoms with Crippen molar-refractivity contribution in [1.82, 2.24) is 0 Å². The Hall–Kier alpha value is -3.06. The van der Waals surface area contributed by atoms with Gasteiger partial charge < -0.3 is 0 Å². The molecule has 1 saturated carbocycles. The molecule has 0 heterocycles. The van der Waals surface area contributed by atoms with Crippen molar-refractivity contribution < 1.29 is 17.6 Å². The van der Waals surface area contributed by atoms with Crippen molar-refractivity contribution >= 4 is 10.8 Å². The number of hydrogen-bond acceptors (Lipinski definition) is 0. The van der Waals surface area contributed by atoms with Gasteiger partial charge in [0.2, 0.25) is 0 Å². The molecule has 0 aromatic heterocycles. The summed E-state index contributed by atoms with van der Waals surface area (Å²) in [6.07, 6.45) is 11.3. The normalized spacial score (nSPS) is 17.9. The van der Waals surface area contributed by atoms with E-state index in [9.17, 15) is 17.6 Å². The van der Waals surface area contributed by atoms with Crippen molar-refractivity contribution in [3.05, 3.63) is 95.1 Å². The van der Waals surface area contributed by atoms with Crippen LogP contribution >= 0.6 is 0 Å². The molecule has 3 aromatic carbocycles. The fourth-order valence-corrected chi connectivity index (χ4v) is 4.87. The van der Waals surface area contributed by atoms with Crippen LogP contribution in [-0.2, 0) is 6.42 Å². The van der Waals surface area contributed by atoms with Crippen LogP contribution < -0.4 is 0 Å². The maximum absolute atomic E-state index is 14.6. The summed E-state index contributed by atoms with van der Waals surface area (Å²) in [6.45, 7) is 3.81. The third-order valence-corrected chi connectivity index (χ3v) is 6.93. The SMILES string of the molecule is C=CCCC1CCC(CCc2ccc(C#Cc3ccc4c(F)c(F)c(F)cc4c3)c(F)c2)CC1. The molecule has 0 aliphatic heterocycles. The fraction of sp³-hybridized carbons (Fsp3) is 0.333. The van der Waals surface area contributed by atoms with Gasteiger partial charge in [0.1, 0.15) is 5.82 Å². The van der Waals surface area contributed by atoms with Crippen molar-refractivity contribution in [2.75, 3.05) is 0 Å². The highest BCUT2D eigenvalue weighted by atomic mass is 19.2. The Labute approximate surface area is 198 Å². The summed E-state index contributed by atoms with van der Waals surface area (Å²) < 4.78 is 55.4. The topological polar surface area (TPSA) is 0 Å². The van der Waals surface area contributed by atoms with Gasteiger partial charge in [-0.05, 0) is 78.8 Å². The number of allylic oxidation sites excluding steroid dienone is 1. The number of benzene rings is 3. The molecule has 4 rings (SSSR count). The molecular weight excluding hydrogens is 436 g/mol. The molecule has 0 amide bonds. The van der Waals surface area contributed by atoms with Crippen LogP contribution in [0.5, 0.6) is 0 Å². The third-order valence-electron chi connectivity index (χ3n) is 6.93. The Morgan fingerprint density at radius 2 is 1.53 bits per heavy atom. The molecule has 1 fully saturated rings. The Kier molecular flexibility index (Phi) is 7.73. The Morgan fingerprint density at radius 1 is 0.794 bits per heavy atom. The van der Waals surface area contributed by atoms with Gasteiger partial charge in [0.05, 0.1) is 5.56 Å². The lowest BCUT2D eigenvalue weighted by Gasteiger charge is -2.28. The van der Waals surface area contributed by atoms with E-state index >= 15 is 0 Å². The zero-order chi connectivity index (χ0) is 24.1. The van der Waals surface area contributed by atoms with Crippen LogP contribution in [0.3, 0.4) is 0 Å². The van der Waals surface area contributed by atoms with Crippen molar-refractivity contribution in [2.24, 2.45) is 11.8 Å². The standard InChI is InChI=1S/C30H28F4/c1-2-3-4-20-5-7-21(8-6-20)9-10-23-12-15-24(27(31)18-23)14-11-22-13-16-26-25(17-22)19-28(32)30(34)29(26)33/h2,12-13,15-21H,1,3-10H2. The van der Waals surface area contributed by atoms with Crippen LogP contribution in [0.25, 0.3) is 10.8 Å². The largest absolute Gasteiger partial charge is 0.206 e. The molecule has 0 nitrogen and oxygen atoms in total. The predicted octanol–water partition coefficient (Wildman–Crippen LogP) is 8.50. The maximum atomic E-state index is 14.6. The molecular formula is C30H28F4. The van der Waals surface area contributed by atoms with E-state index < -0.39 is 17.5 Å². The van der Waals surface area contributed by atoms with Gasteiger partial charge in [0.25, 0.3) is 0 Å². The lowest BCUT2D eigenvalue weighted by molar-refractivity contribution is 0.254. The Bertz CT molecular complexity index is 1240. The highest BCUT2D eigenvalue weighted by Crippen LogP contribution is 2.34. The van der Waals surface area contributed by atoms with Gasteiger partial charge >= 0.3 is 0 Å². The molecule has 176 valence electrons. The maximum Gasteiger partial charge on any atom is 0.195 e.